The Morgan fingerprint density at radius 2 is 1.67 bits per heavy atom. The highest BCUT2D eigenvalue weighted by molar-refractivity contribution is 5.25. The molecule has 1 aromatic rings. The lowest BCUT2D eigenvalue weighted by atomic mass is 9.99. The fourth-order valence-electron chi connectivity index (χ4n) is 2.16. The monoisotopic (exact) mass is 300 g/mol. The van der Waals surface area contributed by atoms with Crippen molar-refractivity contribution in [2.24, 2.45) is 0 Å². The summed E-state index contributed by atoms with van der Waals surface area (Å²) in [7, 11) is 0. The fraction of sp³-hybridized carbons (Fsp3) is 0.571. The standard InChI is InChI=1S/C14H20O7/c15-7-10-11(17)12(18)13(19)14(21-10)20-6-5-8-1-3-9(16)4-2-8/h1-4,10-19H,5-7H2/t10-,11+,12+,13+,14+/m0/s1. The first-order valence-electron chi connectivity index (χ1n) is 6.73. The van der Waals surface area contributed by atoms with Crippen LogP contribution < -0.4 is 0 Å². The molecule has 21 heavy (non-hydrogen) atoms. The van der Waals surface area contributed by atoms with Crippen molar-refractivity contribution in [2.75, 3.05) is 13.2 Å². The number of rotatable bonds is 5. The Morgan fingerprint density at radius 1 is 1.00 bits per heavy atom. The minimum Gasteiger partial charge on any atom is -0.508 e. The molecule has 7 nitrogen and oxygen atoms in total. The summed E-state index contributed by atoms with van der Waals surface area (Å²) in [5.74, 6) is 0.175. The Labute approximate surface area is 122 Å². The van der Waals surface area contributed by atoms with Gasteiger partial charge in [0.15, 0.2) is 6.29 Å². The number of aliphatic hydroxyl groups excluding tert-OH is 4. The van der Waals surface area contributed by atoms with Gasteiger partial charge in [-0.3, -0.25) is 0 Å². The van der Waals surface area contributed by atoms with Crippen LogP contribution >= 0.6 is 0 Å². The minimum atomic E-state index is -1.44. The van der Waals surface area contributed by atoms with E-state index in [2.05, 4.69) is 0 Å². The maximum atomic E-state index is 9.78. The second kappa shape index (κ2) is 7.17. The van der Waals surface area contributed by atoms with E-state index < -0.39 is 37.3 Å². The number of phenolic OH excluding ortho intramolecular Hbond substituents is 1. The van der Waals surface area contributed by atoms with Crippen LogP contribution in [0.1, 0.15) is 5.56 Å². The third kappa shape index (κ3) is 3.91. The van der Waals surface area contributed by atoms with Crippen LogP contribution in [-0.2, 0) is 15.9 Å². The van der Waals surface area contributed by atoms with Crippen molar-refractivity contribution in [3.63, 3.8) is 0 Å². The molecular formula is C14H20O7. The number of aromatic hydroxyl groups is 1. The average Bonchev–Trinajstić information content (AvgIpc) is 2.49. The van der Waals surface area contributed by atoms with Gasteiger partial charge in [-0.25, -0.2) is 0 Å². The predicted octanol–water partition coefficient (Wildman–Crippen LogP) is -1.25. The van der Waals surface area contributed by atoms with Crippen molar-refractivity contribution in [2.45, 2.75) is 37.1 Å². The van der Waals surface area contributed by atoms with E-state index in [0.717, 1.165) is 5.56 Å². The van der Waals surface area contributed by atoms with E-state index in [4.69, 9.17) is 14.6 Å². The van der Waals surface area contributed by atoms with Crippen LogP contribution in [0, 0.1) is 0 Å². The van der Waals surface area contributed by atoms with Gasteiger partial charge in [0.05, 0.1) is 13.2 Å². The first-order chi connectivity index (χ1) is 10.0. The van der Waals surface area contributed by atoms with E-state index in [9.17, 15) is 20.4 Å². The summed E-state index contributed by atoms with van der Waals surface area (Å²) in [6.07, 6.45) is -5.77. The molecule has 0 radical (unpaired) electrons. The lowest BCUT2D eigenvalue weighted by Crippen LogP contribution is -2.59. The van der Waals surface area contributed by atoms with Crippen molar-refractivity contribution in [1.29, 1.82) is 0 Å². The molecule has 0 amide bonds. The average molecular weight is 300 g/mol. The Hall–Kier alpha value is -1.22. The van der Waals surface area contributed by atoms with E-state index in [1.165, 1.54) is 0 Å². The Morgan fingerprint density at radius 3 is 2.29 bits per heavy atom. The molecule has 1 heterocycles. The number of hydrogen-bond acceptors (Lipinski definition) is 7. The summed E-state index contributed by atoms with van der Waals surface area (Å²) in [6.45, 7) is -0.268. The molecular weight excluding hydrogens is 280 g/mol. The van der Waals surface area contributed by atoms with Crippen LogP contribution in [0.2, 0.25) is 0 Å². The number of benzene rings is 1. The predicted molar refractivity (Wildman–Crippen MR) is 71.5 cm³/mol. The van der Waals surface area contributed by atoms with Gasteiger partial charge >= 0.3 is 0 Å². The Bertz CT molecular complexity index is 433. The second-order valence-corrected chi connectivity index (χ2v) is 4.98. The second-order valence-electron chi connectivity index (χ2n) is 4.98. The first-order valence-corrected chi connectivity index (χ1v) is 6.73. The highest BCUT2D eigenvalue weighted by atomic mass is 16.7. The number of ether oxygens (including phenoxy) is 2. The zero-order valence-electron chi connectivity index (χ0n) is 11.4. The molecule has 1 aliphatic rings. The van der Waals surface area contributed by atoms with Gasteiger partial charge in [-0.2, -0.15) is 0 Å². The van der Waals surface area contributed by atoms with Gasteiger partial charge in [0.1, 0.15) is 30.2 Å². The molecule has 1 fully saturated rings. The molecule has 7 heteroatoms. The maximum absolute atomic E-state index is 9.78. The first kappa shape index (κ1) is 16.2. The third-order valence-corrected chi connectivity index (χ3v) is 3.46. The van der Waals surface area contributed by atoms with Gasteiger partial charge in [0, 0.05) is 0 Å². The summed E-state index contributed by atoms with van der Waals surface area (Å²) in [5, 5.41) is 47.3. The molecule has 2 rings (SSSR count). The third-order valence-electron chi connectivity index (χ3n) is 3.46. The molecule has 1 aliphatic heterocycles. The Balaban J connectivity index is 1.85. The highest BCUT2D eigenvalue weighted by Gasteiger charge is 2.43. The van der Waals surface area contributed by atoms with Crippen LogP contribution in [0.5, 0.6) is 5.75 Å². The van der Waals surface area contributed by atoms with Gasteiger partial charge in [-0.15, -0.1) is 0 Å². The van der Waals surface area contributed by atoms with Crippen LogP contribution in [0.25, 0.3) is 0 Å². The van der Waals surface area contributed by atoms with E-state index >= 15 is 0 Å². The molecule has 0 unspecified atom stereocenters. The number of aliphatic hydroxyl groups is 4. The smallest absolute Gasteiger partial charge is 0.186 e. The zero-order valence-corrected chi connectivity index (χ0v) is 11.4. The van der Waals surface area contributed by atoms with Gasteiger partial charge in [-0.05, 0) is 24.1 Å². The van der Waals surface area contributed by atoms with Crippen LogP contribution in [-0.4, -0.2) is 69.5 Å². The van der Waals surface area contributed by atoms with Crippen molar-refractivity contribution in [3.05, 3.63) is 29.8 Å². The Kier molecular flexibility index (Phi) is 5.51. The quantitative estimate of drug-likeness (QED) is 0.461. The normalized spacial score (nSPS) is 33.0. The summed E-state index contributed by atoms with van der Waals surface area (Å²) < 4.78 is 10.6. The summed E-state index contributed by atoms with van der Waals surface area (Å²) in [5.41, 5.74) is 0.928. The van der Waals surface area contributed by atoms with Crippen LogP contribution in [0.4, 0.5) is 0 Å². The molecule has 0 aliphatic carbocycles. The molecule has 1 saturated heterocycles. The zero-order chi connectivity index (χ0) is 15.4. The summed E-state index contributed by atoms with van der Waals surface area (Å²) in [6, 6.07) is 6.60. The van der Waals surface area contributed by atoms with Crippen molar-refractivity contribution in [1.82, 2.24) is 0 Å². The summed E-state index contributed by atoms with van der Waals surface area (Å²) in [4.78, 5) is 0. The van der Waals surface area contributed by atoms with Gasteiger partial charge in [0.25, 0.3) is 0 Å². The van der Waals surface area contributed by atoms with Crippen molar-refractivity contribution < 1.29 is 35.0 Å². The van der Waals surface area contributed by atoms with Gasteiger partial charge in [-0.1, -0.05) is 12.1 Å². The van der Waals surface area contributed by atoms with E-state index in [1.807, 2.05) is 0 Å². The minimum absolute atomic E-state index is 0.175. The van der Waals surface area contributed by atoms with Gasteiger partial charge < -0.3 is 35.0 Å². The lowest BCUT2D eigenvalue weighted by Gasteiger charge is -2.39. The number of hydrogen-bond donors (Lipinski definition) is 5. The van der Waals surface area contributed by atoms with Gasteiger partial charge in [0.2, 0.25) is 0 Å². The molecule has 1 aromatic carbocycles. The molecule has 0 bridgehead atoms. The lowest BCUT2D eigenvalue weighted by molar-refractivity contribution is -0.300. The molecule has 0 aromatic heterocycles. The van der Waals surface area contributed by atoms with Crippen molar-refractivity contribution >= 4 is 0 Å². The molecule has 5 atom stereocenters. The van der Waals surface area contributed by atoms with E-state index in [-0.39, 0.29) is 12.4 Å². The summed E-state index contributed by atoms with van der Waals surface area (Å²) >= 11 is 0. The van der Waals surface area contributed by atoms with Crippen LogP contribution in [0.15, 0.2) is 24.3 Å². The molecule has 5 N–H and O–H groups in total. The molecule has 0 saturated carbocycles. The largest absolute Gasteiger partial charge is 0.508 e. The molecule has 0 spiro atoms. The van der Waals surface area contributed by atoms with E-state index in [0.29, 0.717) is 6.42 Å². The fourth-order valence-corrected chi connectivity index (χ4v) is 2.16. The number of phenols is 1. The topological polar surface area (TPSA) is 120 Å². The maximum Gasteiger partial charge on any atom is 0.186 e. The highest BCUT2D eigenvalue weighted by Crippen LogP contribution is 2.22. The SMILES string of the molecule is OC[C@@H]1O[C@@H](OCCc2ccc(O)cc2)[C@H](O)[C@H](O)[C@@H]1O. The molecule has 118 valence electrons. The van der Waals surface area contributed by atoms with Crippen molar-refractivity contribution in [3.8, 4) is 5.75 Å². The van der Waals surface area contributed by atoms with Crippen LogP contribution in [0.3, 0.4) is 0 Å². The van der Waals surface area contributed by atoms with E-state index in [1.54, 1.807) is 24.3 Å².